The minimum absolute atomic E-state index is 0.0132. The van der Waals surface area contributed by atoms with Crippen molar-refractivity contribution < 1.29 is 80.1 Å². The normalized spacial score (nSPS) is 16.2. The lowest BCUT2D eigenvalue weighted by Crippen LogP contribution is -2.15. The number of phenolic OH excluding ortho intramolecular Hbond substituents is 6. The van der Waals surface area contributed by atoms with Gasteiger partial charge in [-0.25, -0.2) is 0 Å². The van der Waals surface area contributed by atoms with E-state index < -0.39 is 46.1 Å². The maximum Gasteiger partial charge on any atom is 0.309 e. The average molecular weight is 1660 g/mol. The Balaban J connectivity index is 0.000000233. The maximum atomic E-state index is 11.3. The summed E-state index contributed by atoms with van der Waals surface area (Å²) in [5, 5.41) is 106. The number of phenols is 6. The molecule has 0 spiro atoms. The predicted octanol–water partition coefficient (Wildman–Crippen LogP) is 25.7. The number of aliphatic carboxylic acids is 5. The fraction of sp³-hybridized carbons (Fsp3) is 0.663. The highest BCUT2D eigenvalue weighted by molar-refractivity contribution is 5.79. The standard InChI is InChI=1S/2C22H34O2.3C20H30O4/c1-16-10-11-18(8-6-13-22(14-15-22)20(23)24)19(17(16)2)9-7-12-21(3,4)5;1-16-14-17(2)19(9-7-11-22(12-13-22)20(23)24)18(15-16)8-6-10-21(3,4)5;1-19(2,3)10-5-7-15-14(8-9-16(21)17(15)22)6-4-11-20(12-13-20)18(23)24;1-19(2,3)8-5-7-16-14(12-15(21)13-17(16)22)6-4-9-20(10-11-20)18(23)24;1-19(2,3)8-4-6-14-12-15(21)13-17(22)16(14)7-5-9-20(10-11-20)18(23)24/h10-11H,6-9,12-15H2,1-5H3,(H,23,24);14-15H,6-13H2,1-5H3,(H,23,24);8-9,21-22H,4-7,10-13H2,1-3H3,(H,23,24);2*12-13,21-22H,4-11H2,1-3H3,(H,23,24). The van der Waals surface area contributed by atoms with Crippen LogP contribution < -0.4 is 0 Å². The van der Waals surface area contributed by atoms with Gasteiger partial charge in [-0.1, -0.05) is 140 Å². The molecule has 5 aromatic rings. The van der Waals surface area contributed by atoms with E-state index in [-0.39, 0.29) is 61.6 Å². The summed E-state index contributed by atoms with van der Waals surface area (Å²) in [7, 11) is 0. The molecule has 16 nitrogen and oxygen atoms in total. The Morgan fingerprint density at radius 1 is 0.275 bits per heavy atom. The van der Waals surface area contributed by atoms with Crippen molar-refractivity contribution in [3.63, 3.8) is 0 Å². The van der Waals surface area contributed by atoms with Crippen LogP contribution in [0.25, 0.3) is 0 Å². The Labute approximate surface area is 721 Å². The molecule has 0 bridgehead atoms. The highest BCUT2D eigenvalue weighted by Crippen LogP contribution is 2.54. The second kappa shape index (κ2) is 43.0. The first-order valence-corrected chi connectivity index (χ1v) is 45.6. The summed E-state index contributed by atoms with van der Waals surface area (Å²) in [6, 6.07) is 18.7. The van der Waals surface area contributed by atoms with Crippen molar-refractivity contribution in [1.29, 1.82) is 0 Å². The molecule has 670 valence electrons. The van der Waals surface area contributed by atoms with Crippen LogP contribution in [0.3, 0.4) is 0 Å². The van der Waals surface area contributed by atoms with Crippen LogP contribution in [0, 0.1) is 81.8 Å². The van der Waals surface area contributed by atoms with Crippen LogP contribution in [0.5, 0.6) is 34.5 Å². The van der Waals surface area contributed by atoms with Gasteiger partial charge in [0.05, 0.1) is 27.1 Å². The van der Waals surface area contributed by atoms with Gasteiger partial charge in [-0.2, -0.15) is 0 Å². The number of hydrogen-bond acceptors (Lipinski definition) is 11. The van der Waals surface area contributed by atoms with Gasteiger partial charge in [-0.3, -0.25) is 24.0 Å². The molecule has 10 rings (SSSR count). The number of hydrogen-bond donors (Lipinski definition) is 11. The van der Waals surface area contributed by atoms with Crippen molar-refractivity contribution in [2.75, 3.05) is 0 Å². The predicted molar refractivity (Wildman–Crippen MR) is 484 cm³/mol. The van der Waals surface area contributed by atoms with Crippen molar-refractivity contribution in [2.24, 2.45) is 54.1 Å². The van der Waals surface area contributed by atoms with Gasteiger partial charge in [-0.15, -0.1) is 0 Å². The molecule has 0 atom stereocenters. The zero-order valence-corrected chi connectivity index (χ0v) is 77.5. The molecule has 0 heterocycles. The molecule has 11 N–H and O–H groups in total. The van der Waals surface area contributed by atoms with E-state index in [1.165, 1.54) is 88.4 Å². The highest BCUT2D eigenvalue weighted by atomic mass is 16.4. The molecular formula is C104H158O16. The molecule has 0 radical (unpaired) electrons. The molecule has 120 heavy (non-hydrogen) atoms. The van der Waals surface area contributed by atoms with Crippen molar-refractivity contribution in [3.05, 3.63) is 139 Å². The van der Waals surface area contributed by atoms with E-state index in [4.69, 9.17) is 0 Å². The molecule has 0 aromatic heterocycles. The summed E-state index contributed by atoms with van der Waals surface area (Å²) in [5.41, 5.74) is 16.2. The van der Waals surface area contributed by atoms with Crippen LogP contribution in [0.15, 0.2) is 60.7 Å². The first kappa shape index (κ1) is 101. The van der Waals surface area contributed by atoms with Crippen molar-refractivity contribution in [2.45, 2.75) is 388 Å². The van der Waals surface area contributed by atoms with Crippen LogP contribution in [0.1, 0.15) is 374 Å². The van der Waals surface area contributed by atoms with Gasteiger partial charge in [0.25, 0.3) is 0 Å². The second-order valence-corrected chi connectivity index (χ2v) is 43.4. The molecule has 5 aliphatic rings. The molecule has 0 saturated heterocycles. The Hall–Kier alpha value is -7.75. The van der Waals surface area contributed by atoms with E-state index in [0.29, 0.717) is 42.9 Å². The van der Waals surface area contributed by atoms with Gasteiger partial charge >= 0.3 is 29.8 Å². The van der Waals surface area contributed by atoms with Gasteiger partial charge in [0.15, 0.2) is 11.5 Å². The second-order valence-electron chi connectivity index (χ2n) is 43.4. The molecule has 16 heteroatoms. The Morgan fingerprint density at radius 3 is 0.858 bits per heavy atom. The third-order valence-corrected chi connectivity index (χ3v) is 26.5. The average Bonchev–Trinajstić information content (AvgIpc) is 1.66. The maximum absolute atomic E-state index is 11.3. The fourth-order valence-corrected chi connectivity index (χ4v) is 17.5. The first-order chi connectivity index (χ1) is 55.7. The minimum atomic E-state index is -0.692. The van der Waals surface area contributed by atoms with E-state index in [9.17, 15) is 80.1 Å². The number of carboxylic acids is 5. The van der Waals surface area contributed by atoms with Crippen LogP contribution >= 0.6 is 0 Å². The molecule has 5 aromatic carbocycles. The first-order valence-electron chi connectivity index (χ1n) is 45.6. The lowest BCUT2D eigenvalue weighted by atomic mass is 9.85. The van der Waals surface area contributed by atoms with Crippen LogP contribution in [-0.4, -0.2) is 86.0 Å². The van der Waals surface area contributed by atoms with E-state index in [0.717, 1.165) is 232 Å². The summed E-state index contributed by atoms with van der Waals surface area (Å²) in [4.78, 5) is 56.4. The monoisotopic (exact) mass is 1660 g/mol. The van der Waals surface area contributed by atoms with Gasteiger partial charge in [-0.05, 0) is 397 Å². The fourth-order valence-electron chi connectivity index (χ4n) is 17.5. The Morgan fingerprint density at radius 2 is 0.533 bits per heavy atom. The van der Waals surface area contributed by atoms with Crippen LogP contribution in [0.4, 0.5) is 0 Å². The van der Waals surface area contributed by atoms with Crippen molar-refractivity contribution in [3.8, 4) is 34.5 Å². The van der Waals surface area contributed by atoms with E-state index in [1.807, 2.05) is 6.07 Å². The van der Waals surface area contributed by atoms with Crippen molar-refractivity contribution >= 4 is 29.8 Å². The van der Waals surface area contributed by atoms with E-state index in [1.54, 1.807) is 12.1 Å². The lowest BCUT2D eigenvalue weighted by Gasteiger charge is -2.20. The van der Waals surface area contributed by atoms with E-state index >= 15 is 0 Å². The SMILES string of the molecule is CC(C)(C)CCCc1c(CCCC2(C(=O)O)CC2)ccc(O)c1O.CC(C)(C)CCCc1c(O)cc(O)cc1CCCC1(C(=O)O)CC1.CC(C)(C)CCCc1cc(O)cc(O)c1CCCC1(C(=O)O)CC1.Cc1cc(C)c(CCCC2(C(=O)O)CC2)c(CCCC(C)(C)C)c1.Cc1ccc(CCCC2(C(=O)O)CC2)c(CCCC(C)(C)C)c1C. The molecule has 0 amide bonds. The van der Waals surface area contributed by atoms with E-state index in [2.05, 4.69) is 156 Å². The van der Waals surface area contributed by atoms with Crippen LogP contribution in [-0.2, 0) is 88.2 Å². The van der Waals surface area contributed by atoms with Gasteiger partial charge < -0.3 is 56.2 Å². The summed E-state index contributed by atoms with van der Waals surface area (Å²) in [6.45, 7) is 42.4. The number of benzene rings is 5. The zero-order chi connectivity index (χ0) is 89.8. The zero-order valence-electron chi connectivity index (χ0n) is 77.5. The molecule has 0 unspecified atom stereocenters. The highest BCUT2D eigenvalue weighted by Gasteiger charge is 2.52. The number of carbonyl (C=O) groups is 5. The van der Waals surface area contributed by atoms with Gasteiger partial charge in [0.1, 0.15) is 23.0 Å². The Bertz CT molecular complexity index is 3990. The quantitative estimate of drug-likeness (QED) is 0.0162. The molecule has 0 aliphatic heterocycles. The lowest BCUT2D eigenvalue weighted by molar-refractivity contribution is -0.144. The number of rotatable bonds is 40. The van der Waals surface area contributed by atoms with Crippen molar-refractivity contribution in [1.82, 2.24) is 0 Å². The molecular weight excluding hydrogens is 1510 g/mol. The third-order valence-electron chi connectivity index (χ3n) is 26.5. The smallest absolute Gasteiger partial charge is 0.309 e. The van der Waals surface area contributed by atoms with Gasteiger partial charge in [0.2, 0.25) is 0 Å². The molecule has 5 saturated carbocycles. The van der Waals surface area contributed by atoms with Gasteiger partial charge in [0, 0.05) is 17.7 Å². The largest absolute Gasteiger partial charge is 0.508 e. The molecule has 5 fully saturated rings. The number of carboxylic acid groups (broad SMARTS) is 5. The Kier molecular flexibility index (Phi) is 36.2. The summed E-state index contributed by atoms with van der Waals surface area (Å²) in [5.74, 6) is -2.89. The topological polar surface area (TPSA) is 308 Å². The van der Waals surface area contributed by atoms with Crippen LogP contribution in [0.2, 0.25) is 0 Å². The minimum Gasteiger partial charge on any atom is -0.508 e. The summed E-state index contributed by atoms with van der Waals surface area (Å²) >= 11 is 0. The molecule has 5 aliphatic carbocycles. The number of aromatic hydroxyl groups is 6. The summed E-state index contributed by atoms with van der Waals surface area (Å²) < 4.78 is 0. The number of aryl methyl sites for hydroxylation is 8. The third kappa shape index (κ3) is 33.1. The summed E-state index contributed by atoms with van der Waals surface area (Å²) in [6.07, 6.45) is 35.8.